The summed E-state index contributed by atoms with van der Waals surface area (Å²) in [5.41, 5.74) is -0.765. The average molecular weight is 254 g/mol. The molecule has 2 N–H and O–H groups in total. The molecule has 0 fully saturated rings. The standard InChI is InChI=1S/C12H18N2O4/c15-10-7-9-14(12(18)13-10)8-5-3-1-2-4-6-11(16)17/h7,9H,1-6,8H2,(H,16,17)(H,13,15,18). The lowest BCUT2D eigenvalue weighted by Gasteiger charge is -2.04. The maximum absolute atomic E-state index is 11.3. The Balaban J connectivity index is 2.16. The lowest BCUT2D eigenvalue weighted by molar-refractivity contribution is -0.137. The molecule has 1 aromatic rings. The molecule has 1 aromatic heterocycles. The Bertz CT molecular complexity index is 489. The van der Waals surface area contributed by atoms with Crippen LogP contribution in [0.1, 0.15) is 38.5 Å². The normalized spacial score (nSPS) is 10.4. The zero-order chi connectivity index (χ0) is 13.4. The summed E-state index contributed by atoms with van der Waals surface area (Å²) in [5.74, 6) is -0.755. The van der Waals surface area contributed by atoms with Crippen molar-refractivity contribution in [3.63, 3.8) is 0 Å². The summed E-state index contributed by atoms with van der Waals surface area (Å²) in [7, 11) is 0. The minimum Gasteiger partial charge on any atom is -0.481 e. The minimum atomic E-state index is -0.755. The summed E-state index contributed by atoms with van der Waals surface area (Å²) in [4.78, 5) is 34.6. The SMILES string of the molecule is O=C(O)CCCCCCCn1ccc(=O)[nH]c1=O. The molecule has 1 rings (SSSR count). The Morgan fingerprint density at radius 3 is 2.50 bits per heavy atom. The number of hydrogen-bond acceptors (Lipinski definition) is 3. The number of aryl methyl sites for hydroxylation is 1. The summed E-state index contributed by atoms with van der Waals surface area (Å²) in [6, 6.07) is 1.33. The molecule has 0 aliphatic carbocycles. The highest BCUT2D eigenvalue weighted by Gasteiger charge is 1.98. The van der Waals surface area contributed by atoms with Gasteiger partial charge in [-0.2, -0.15) is 0 Å². The first-order valence-corrected chi connectivity index (χ1v) is 6.11. The van der Waals surface area contributed by atoms with E-state index in [0.29, 0.717) is 13.0 Å². The molecule has 100 valence electrons. The molecule has 0 amide bonds. The highest BCUT2D eigenvalue weighted by Crippen LogP contribution is 2.05. The summed E-state index contributed by atoms with van der Waals surface area (Å²) in [6.45, 7) is 0.578. The van der Waals surface area contributed by atoms with E-state index in [2.05, 4.69) is 4.98 Å². The van der Waals surface area contributed by atoms with E-state index in [1.807, 2.05) is 0 Å². The Morgan fingerprint density at radius 1 is 1.17 bits per heavy atom. The molecule has 0 aliphatic rings. The molecule has 0 bridgehead atoms. The number of aromatic nitrogens is 2. The van der Waals surface area contributed by atoms with Gasteiger partial charge in [-0.3, -0.25) is 14.6 Å². The van der Waals surface area contributed by atoms with Crippen LogP contribution in [0.25, 0.3) is 0 Å². The largest absolute Gasteiger partial charge is 0.481 e. The zero-order valence-electron chi connectivity index (χ0n) is 10.2. The molecule has 0 radical (unpaired) electrons. The van der Waals surface area contributed by atoms with Gasteiger partial charge < -0.3 is 9.67 Å². The van der Waals surface area contributed by atoms with Crippen LogP contribution in [-0.2, 0) is 11.3 Å². The third kappa shape index (κ3) is 5.47. The Labute approximate surface area is 104 Å². The van der Waals surface area contributed by atoms with Crippen LogP contribution in [0.3, 0.4) is 0 Å². The lowest BCUT2D eigenvalue weighted by atomic mass is 10.1. The maximum atomic E-state index is 11.3. The van der Waals surface area contributed by atoms with E-state index in [1.54, 1.807) is 0 Å². The van der Waals surface area contributed by atoms with Crippen LogP contribution < -0.4 is 11.2 Å². The zero-order valence-corrected chi connectivity index (χ0v) is 10.2. The van der Waals surface area contributed by atoms with Crippen molar-refractivity contribution < 1.29 is 9.90 Å². The Kier molecular flexibility index (Phi) is 5.90. The van der Waals surface area contributed by atoms with Gasteiger partial charge in [0.2, 0.25) is 0 Å². The van der Waals surface area contributed by atoms with Crippen LogP contribution >= 0.6 is 0 Å². The fraction of sp³-hybridized carbons (Fsp3) is 0.583. The van der Waals surface area contributed by atoms with Crippen LogP contribution in [0.15, 0.2) is 21.9 Å². The van der Waals surface area contributed by atoms with E-state index in [1.165, 1.54) is 16.8 Å². The van der Waals surface area contributed by atoms with Gasteiger partial charge in [0.15, 0.2) is 0 Å². The van der Waals surface area contributed by atoms with E-state index in [9.17, 15) is 14.4 Å². The Hall–Kier alpha value is -1.85. The van der Waals surface area contributed by atoms with Crippen molar-refractivity contribution in [3.05, 3.63) is 33.1 Å². The molecule has 0 spiro atoms. The van der Waals surface area contributed by atoms with Crippen LogP contribution in [-0.4, -0.2) is 20.6 Å². The van der Waals surface area contributed by atoms with E-state index in [4.69, 9.17) is 5.11 Å². The predicted molar refractivity (Wildman–Crippen MR) is 66.7 cm³/mol. The van der Waals surface area contributed by atoms with Crippen LogP contribution in [0.2, 0.25) is 0 Å². The topological polar surface area (TPSA) is 92.2 Å². The molecule has 0 unspecified atom stereocenters. The molecule has 18 heavy (non-hydrogen) atoms. The molecule has 0 saturated carbocycles. The molecule has 6 heteroatoms. The first kappa shape index (κ1) is 14.2. The molecule has 0 saturated heterocycles. The van der Waals surface area contributed by atoms with Crippen LogP contribution in [0.5, 0.6) is 0 Å². The highest BCUT2D eigenvalue weighted by atomic mass is 16.4. The van der Waals surface area contributed by atoms with Gasteiger partial charge in [0.05, 0.1) is 0 Å². The fourth-order valence-corrected chi connectivity index (χ4v) is 1.71. The number of hydrogen-bond donors (Lipinski definition) is 2. The average Bonchev–Trinajstić information content (AvgIpc) is 2.30. The number of nitrogens with one attached hydrogen (secondary N) is 1. The van der Waals surface area contributed by atoms with Crippen molar-refractivity contribution in [1.82, 2.24) is 9.55 Å². The molecule has 1 heterocycles. The molecule has 6 nitrogen and oxygen atoms in total. The first-order valence-electron chi connectivity index (χ1n) is 6.11. The fourth-order valence-electron chi connectivity index (χ4n) is 1.71. The summed E-state index contributed by atoms with van der Waals surface area (Å²) in [5, 5.41) is 8.45. The third-order valence-electron chi connectivity index (χ3n) is 2.69. The van der Waals surface area contributed by atoms with E-state index < -0.39 is 5.97 Å². The molecule has 0 atom stereocenters. The number of nitrogens with zero attached hydrogens (tertiary/aromatic N) is 1. The lowest BCUT2D eigenvalue weighted by Crippen LogP contribution is -2.28. The van der Waals surface area contributed by atoms with Gasteiger partial charge in [-0.1, -0.05) is 19.3 Å². The minimum absolute atomic E-state index is 0.222. The van der Waals surface area contributed by atoms with Gasteiger partial charge in [-0.15, -0.1) is 0 Å². The van der Waals surface area contributed by atoms with E-state index in [0.717, 1.165) is 25.7 Å². The second kappa shape index (κ2) is 7.47. The second-order valence-corrected chi connectivity index (χ2v) is 4.22. The maximum Gasteiger partial charge on any atom is 0.328 e. The van der Waals surface area contributed by atoms with E-state index in [-0.39, 0.29) is 17.7 Å². The van der Waals surface area contributed by atoms with Crippen molar-refractivity contribution >= 4 is 5.97 Å². The number of aliphatic carboxylic acids is 1. The second-order valence-electron chi connectivity index (χ2n) is 4.22. The summed E-state index contributed by atoms with van der Waals surface area (Å²) >= 11 is 0. The number of carboxylic acid groups (broad SMARTS) is 1. The van der Waals surface area contributed by atoms with Gasteiger partial charge in [-0.25, -0.2) is 4.79 Å². The molecule has 0 aliphatic heterocycles. The first-order chi connectivity index (χ1) is 8.59. The summed E-state index contributed by atoms with van der Waals surface area (Å²) in [6.07, 6.45) is 6.07. The van der Waals surface area contributed by atoms with Gasteiger partial charge >= 0.3 is 11.7 Å². The molecule has 0 aromatic carbocycles. The summed E-state index contributed by atoms with van der Waals surface area (Å²) < 4.78 is 1.47. The number of H-pyrrole nitrogens is 1. The quantitative estimate of drug-likeness (QED) is 0.676. The predicted octanol–water partition coefficient (Wildman–Crippen LogP) is 0.962. The molecular formula is C12H18N2O4. The highest BCUT2D eigenvalue weighted by molar-refractivity contribution is 5.66. The van der Waals surface area contributed by atoms with Gasteiger partial charge in [0.1, 0.15) is 0 Å². The van der Waals surface area contributed by atoms with Crippen molar-refractivity contribution in [2.75, 3.05) is 0 Å². The van der Waals surface area contributed by atoms with E-state index >= 15 is 0 Å². The van der Waals surface area contributed by atoms with Crippen molar-refractivity contribution in [2.45, 2.75) is 45.1 Å². The number of carboxylic acids is 1. The smallest absolute Gasteiger partial charge is 0.328 e. The van der Waals surface area contributed by atoms with Gasteiger partial charge in [-0.05, 0) is 12.8 Å². The van der Waals surface area contributed by atoms with Gasteiger partial charge in [0, 0.05) is 25.2 Å². The monoisotopic (exact) mass is 254 g/mol. The number of carbonyl (C=O) groups is 1. The van der Waals surface area contributed by atoms with Crippen molar-refractivity contribution in [3.8, 4) is 0 Å². The van der Waals surface area contributed by atoms with Crippen LogP contribution in [0, 0.1) is 0 Å². The van der Waals surface area contributed by atoms with Crippen molar-refractivity contribution in [2.24, 2.45) is 0 Å². The van der Waals surface area contributed by atoms with Crippen LogP contribution in [0.4, 0.5) is 0 Å². The number of rotatable bonds is 8. The van der Waals surface area contributed by atoms with Gasteiger partial charge in [0.25, 0.3) is 5.56 Å². The molecular weight excluding hydrogens is 236 g/mol. The Morgan fingerprint density at radius 2 is 1.83 bits per heavy atom. The van der Waals surface area contributed by atoms with Crippen molar-refractivity contribution in [1.29, 1.82) is 0 Å². The number of unbranched alkanes of at least 4 members (excludes halogenated alkanes) is 4. The third-order valence-corrected chi connectivity index (χ3v) is 2.69. The number of aromatic amines is 1.